The monoisotopic (exact) mass is 312 g/mol. The first-order valence-electron chi connectivity index (χ1n) is 7.96. The summed E-state index contributed by atoms with van der Waals surface area (Å²) in [4.78, 5) is 12.5. The lowest BCUT2D eigenvalue weighted by Crippen LogP contribution is -1.95. The number of allylic oxidation sites excluding steroid dienone is 1. The van der Waals surface area contributed by atoms with Gasteiger partial charge in [-0.05, 0) is 41.5 Å². The van der Waals surface area contributed by atoms with Crippen molar-refractivity contribution >= 4 is 11.9 Å². The standard InChI is InChI=1S/C22H16O2/c23-22-18(15-17-8-4-5-12-21(17)22)13-16-7-6-11-20(14-16)24-19-9-2-1-3-10-19/h1-14H,15H2/b18-13+. The molecule has 0 saturated carbocycles. The van der Waals surface area contributed by atoms with Crippen LogP contribution in [0.15, 0.2) is 84.4 Å². The van der Waals surface area contributed by atoms with E-state index in [0.29, 0.717) is 6.42 Å². The second kappa shape index (κ2) is 6.17. The number of para-hydroxylation sites is 1. The zero-order valence-corrected chi connectivity index (χ0v) is 13.1. The largest absolute Gasteiger partial charge is 0.457 e. The zero-order valence-electron chi connectivity index (χ0n) is 13.1. The molecule has 116 valence electrons. The molecular weight excluding hydrogens is 296 g/mol. The molecule has 0 heterocycles. The molecule has 4 rings (SSSR count). The molecule has 0 amide bonds. The first kappa shape index (κ1) is 14.5. The molecule has 0 spiro atoms. The normalized spacial score (nSPS) is 14.7. The van der Waals surface area contributed by atoms with Gasteiger partial charge in [0.15, 0.2) is 5.78 Å². The molecule has 3 aromatic carbocycles. The quantitative estimate of drug-likeness (QED) is 0.613. The Morgan fingerprint density at radius 2 is 1.54 bits per heavy atom. The van der Waals surface area contributed by atoms with E-state index in [9.17, 15) is 4.79 Å². The molecule has 0 aromatic heterocycles. The van der Waals surface area contributed by atoms with Crippen molar-refractivity contribution in [1.29, 1.82) is 0 Å². The summed E-state index contributed by atoms with van der Waals surface area (Å²) < 4.78 is 5.86. The predicted octanol–water partition coefficient (Wildman–Crippen LogP) is 5.30. The topological polar surface area (TPSA) is 26.3 Å². The summed E-state index contributed by atoms with van der Waals surface area (Å²) in [5, 5.41) is 0. The SMILES string of the molecule is O=C1/C(=C/c2cccc(Oc3ccccc3)c2)Cc2ccccc21. The summed E-state index contributed by atoms with van der Waals surface area (Å²) >= 11 is 0. The van der Waals surface area contributed by atoms with Crippen LogP contribution < -0.4 is 4.74 Å². The number of ether oxygens (including phenoxy) is 1. The van der Waals surface area contributed by atoms with Gasteiger partial charge in [0.25, 0.3) is 0 Å². The average molecular weight is 312 g/mol. The summed E-state index contributed by atoms with van der Waals surface area (Å²) in [5.74, 6) is 1.69. The molecule has 0 saturated heterocycles. The first-order chi connectivity index (χ1) is 11.8. The molecular formula is C22H16O2. The van der Waals surface area contributed by atoms with Crippen LogP contribution in [0.3, 0.4) is 0 Å². The Morgan fingerprint density at radius 1 is 0.792 bits per heavy atom. The molecule has 0 bridgehead atoms. The van der Waals surface area contributed by atoms with Gasteiger partial charge in [0, 0.05) is 17.6 Å². The third-order valence-corrected chi connectivity index (χ3v) is 4.11. The van der Waals surface area contributed by atoms with Crippen molar-refractivity contribution in [2.24, 2.45) is 0 Å². The third-order valence-electron chi connectivity index (χ3n) is 4.11. The van der Waals surface area contributed by atoms with Gasteiger partial charge in [-0.15, -0.1) is 0 Å². The molecule has 0 N–H and O–H groups in total. The van der Waals surface area contributed by atoms with Crippen LogP contribution in [0.4, 0.5) is 0 Å². The molecule has 2 heteroatoms. The maximum absolute atomic E-state index is 12.5. The lowest BCUT2D eigenvalue weighted by atomic mass is 10.1. The Balaban J connectivity index is 1.60. The van der Waals surface area contributed by atoms with E-state index in [1.807, 2.05) is 84.9 Å². The van der Waals surface area contributed by atoms with Crippen LogP contribution in [-0.4, -0.2) is 5.78 Å². The molecule has 2 nitrogen and oxygen atoms in total. The highest BCUT2D eigenvalue weighted by atomic mass is 16.5. The summed E-state index contributed by atoms with van der Waals surface area (Å²) in [6.45, 7) is 0. The van der Waals surface area contributed by atoms with Crippen LogP contribution in [-0.2, 0) is 6.42 Å². The number of ketones is 1. The van der Waals surface area contributed by atoms with Gasteiger partial charge in [0.05, 0.1) is 0 Å². The van der Waals surface area contributed by atoms with Gasteiger partial charge in [-0.25, -0.2) is 0 Å². The molecule has 0 aliphatic heterocycles. The second-order valence-electron chi connectivity index (χ2n) is 5.82. The van der Waals surface area contributed by atoms with E-state index in [1.54, 1.807) is 0 Å². The number of hydrogen-bond donors (Lipinski definition) is 0. The number of Topliss-reactive ketones (excluding diaryl/α,β-unsaturated/α-hetero) is 1. The van der Waals surface area contributed by atoms with Gasteiger partial charge in [0.2, 0.25) is 0 Å². The highest BCUT2D eigenvalue weighted by Crippen LogP contribution is 2.29. The molecule has 0 atom stereocenters. The van der Waals surface area contributed by atoms with E-state index in [2.05, 4.69) is 0 Å². The van der Waals surface area contributed by atoms with Crippen LogP contribution in [0.5, 0.6) is 11.5 Å². The van der Waals surface area contributed by atoms with Gasteiger partial charge in [-0.2, -0.15) is 0 Å². The van der Waals surface area contributed by atoms with Crippen molar-refractivity contribution in [3.8, 4) is 11.5 Å². The predicted molar refractivity (Wildman–Crippen MR) is 95.4 cm³/mol. The lowest BCUT2D eigenvalue weighted by molar-refractivity contribution is 0.104. The number of rotatable bonds is 3. The van der Waals surface area contributed by atoms with Crippen molar-refractivity contribution in [2.45, 2.75) is 6.42 Å². The van der Waals surface area contributed by atoms with Crippen molar-refractivity contribution in [3.05, 3.63) is 101 Å². The van der Waals surface area contributed by atoms with E-state index in [1.165, 1.54) is 0 Å². The first-order valence-corrected chi connectivity index (χ1v) is 7.96. The average Bonchev–Trinajstić information content (AvgIpc) is 2.92. The molecule has 0 unspecified atom stereocenters. The minimum absolute atomic E-state index is 0.125. The summed E-state index contributed by atoms with van der Waals surface area (Å²) in [6, 6.07) is 25.3. The van der Waals surface area contributed by atoms with Gasteiger partial charge in [0.1, 0.15) is 11.5 Å². The second-order valence-corrected chi connectivity index (χ2v) is 5.82. The molecule has 3 aromatic rings. The number of carbonyl (C=O) groups is 1. The van der Waals surface area contributed by atoms with Gasteiger partial charge in [-0.3, -0.25) is 4.79 Å². The van der Waals surface area contributed by atoms with Crippen LogP contribution in [0, 0.1) is 0 Å². The minimum atomic E-state index is 0.125. The van der Waals surface area contributed by atoms with Crippen molar-refractivity contribution < 1.29 is 9.53 Å². The van der Waals surface area contributed by atoms with Crippen molar-refractivity contribution in [1.82, 2.24) is 0 Å². The molecule has 0 radical (unpaired) electrons. The highest BCUT2D eigenvalue weighted by molar-refractivity contribution is 6.15. The summed E-state index contributed by atoms with van der Waals surface area (Å²) in [6.07, 6.45) is 2.65. The number of carbonyl (C=O) groups excluding carboxylic acids is 1. The fraction of sp³-hybridized carbons (Fsp3) is 0.0455. The van der Waals surface area contributed by atoms with Gasteiger partial charge < -0.3 is 4.74 Å². The molecule has 1 aliphatic carbocycles. The van der Waals surface area contributed by atoms with E-state index >= 15 is 0 Å². The zero-order chi connectivity index (χ0) is 16.4. The van der Waals surface area contributed by atoms with Crippen LogP contribution in [0.2, 0.25) is 0 Å². The maximum atomic E-state index is 12.5. The Hall–Kier alpha value is -3.13. The number of hydrogen-bond acceptors (Lipinski definition) is 2. The highest BCUT2D eigenvalue weighted by Gasteiger charge is 2.23. The van der Waals surface area contributed by atoms with Crippen molar-refractivity contribution in [3.63, 3.8) is 0 Å². The van der Waals surface area contributed by atoms with Crippen LogP contribution >= 0.6 is 0 Å². The van der Waals surface area contributed by atoms with Crippen LogP contribution in [0.25, 0.3) is 6.08 Å². The van der Waals surface area contributed by atoms with Gasteiger partial charge >= 0.3 is 0 Å². The van der Waals surface area contributed by atoms with E-state index in [-0.39, 0.29) is 5.78 Å². The smallest absolute Gasteiger partial charge is 0.189 e. The Kier molecular flexibility index (Phi) is 3.72. The Labute approximate surface area is 141 Å². The van der Waals surface area contributed by atoms with E-state index < -0.39 is 0 Å². The lowest BCUT2D eigenvalue weighted by Gasteiger charge is -2.06. The fourth-order valence-corrected chi connectivity index (χ4v) is 2.96. The third kappa shape index (κ3) is 2.86. The molecule has 24 heavy (non-hydrogen) atoms. The summed E-state index contributed by atoms with van der Waals surface area (Å²) in [5.41, 5.74) is 3.72. The minimum Gasteiger partial charge on any atom is -0.457 e. The number of fused-ring (bicyclic) bond motifs is 1. The maximum Gasteiger partial charge on any atom is 0.189 e. The van der Waals surface area contributed by atoms with E-state index in [0.717, 1.165) is 33.8 Å². The van der Waals surface area contributed by atoms with Gasteiger partial charge in [-0.1, -0.05) is 54.6 Å². The van der Waals surface area contributed by atoms with Crippen LogP contribution in [0.1, 0.15) is 21.5 Å². The molecule has 0 fully saturated rings. The van der Waals surface area contributed by atoms with E-state index in [4.69, 9.17) is 4.74 Å². The van der Waals surface area contributed by atoms with Crippen molar-refractivity contribution in [2.75, 3.05) is 0 Å². The fourth-order valence-electron chi connectivity index (χ4n) is 2.96. The Bertz CT molecular complexity index is 923. The summed E-state index contributed by atoms with van der Waals surface area (Å²) in [7, 11) is 0. The Morgan fingerprint density at radius 3 is 2.38 bits per heavy atom. The number of benzene rings is 3. The molecule has 1 aliphatic rings.